The lowest BCUT2D eigenvalue weighted by molar-refractivity contribution is -0.116. The van der Waals surface area contributed by atoms with Crippen molar-refractivity contribution in [1.82, 2.24) is 0 Å². The van der Waals surface area contributed by atoms with Crippen LogP contribution in [0.2, 0.25) is 0 Å². The second-order valence-corrected chi connectivity index (χ2v) is 5.03. The smallest absolute Gasteiger partial charge is 0.236 e. The molecule has 0 unspecified atom stereocenters. The molecule has 0 aliphatic carbocycles. The maximum Gasteiger partial charge on any atom is 0.236 e. The van der Waals surface area contributed by atoms with Gasteiger partial charge in [-0.15, -0.1) is 0 Å². The molecule has 1 amide bonds. The molecule has 0 spiro atoms. The molecule has 1 aromatic rings. The predicted molar refractivity (Wildman–Crippen MR) is 76.4 cm³/mol. The highest BCUT2D eigenvalue weighted by molar-refractivity contribution is 9.10. The molecule has 5 heteroatoms. The van der Waals surface area contributed by atoms with Crippen molar-refractivity contribution in [2.45, 2.75) is 26.4 Å². The number of nitrogens with two attached hydrogens (primary N) is 1. The highest BCUT2D eigenvalue weighted by Crippen LogP contribution is 2.24. The standard InChI is InChI=1S/C13H19BrN2O2/c1-2-3-6-16(8-13(15)18)11-5-4-10(9-17)12(14)7-11/h4-5,7,17H,2-3,6,8-9H2,1H3,(H2,15,18). The van der Waals surface area contributed by atoms with Crippen LogP contribution in [0.4, 0.5) is 5.69 Å². The van der Waals surface area contributed by atoms with Gasteiger partial charge in [-0.25, -0.2) is 0 Å². The summed E-state index contributed by atoms with van der Waals surface area (Å²) in [5.41, 5.74) is 7.03. The maximum absolute atomic E-state index is 11.1. The summed E-state index contributed by atoms with van der Waals surface area (Å²) in [5, 5.41) is 9.12. The van der Waals surface area contributed by atoms with Crippen LogP contribution >= 0.6 is 15.9 Å². The first-order valence-electron chi connectivity index (χ1n) is 6.01. The molecule has 4 nitrogen and oxygen atoms in total. The van der Waals surface area contributed by atoms with Crippen molar-refractivity contribution < 1.29 is 9.90 Å². The third kappa shape index (κ3) is 4.31. The van der Waals surface area contributed by atoms with E-state index in [0.29, 0.717) is 0 Å². The van der Waals surface area contributed by atoms with Crippen molar-refractivity contribution in [2.75, 3.05) is 18.0 Å². The van der Waals surface area contributed by atoms with Gasteiger partial charge < -0.3 is 15.7 Å². The number of hydrogen-bond acceptors (Lipinski definition) is 3. The predicted octanol–water partition coefficient (Wildman–Crippen LogP) is 2.03. The van der Waals surface area contributed by atoms with E-state index in [-0.39, 0.29) is 19.1 Å². The molecule has 18 heavy (non-hydrogen) atoms. The number of primary amides is 1. The first-order valence-corrected chi connectivity index (χ1v) is 6.80. The van der Waals surface area contributed by atoms with E-state index in [1.165, 1.54) is 0 Å². The number of amides is 1. The molecule has 0 aliphatic rings. The molecule has 0 aromatic heterocycles. The van der Waals surface area contributed by atoms with E-state index in [9.17, 15) is 4.79 Å². The van der Waals surface area contributed by atoms with E-state index in [4.69, 9.17) is 10.8 Å². The van der Waals surface area contributed by atoms with E-state index in [2.05, 4.69) is 22.9 Å². The summed E-state index contributed by atoms with van der Waals surface area (Å²) in [6.45, 7) is 3.11. The van der Waals surface area contributed by atoms with Crippen molar-refractivity contribution in [3.8, 4) is 0 Å². The molecule has 0 bridgehead atoms. The van der Waals surface area contributed by atoms with Crippen molar-refractivity contribution >= 4 is 27.5 Å². The Bertz CT molecular complexity index is 410. The first kappa shape index (κ1) is 15.0. The van der Waals surface area contributed by atoms with Crippen LogP contribution in [0.15, 0.2) is 22.7 Å². The second kappa shape index (κ2) is 7.38. The third-order valence-electron chi connectivity index (χ3n) is 2.70. The molecular weight excluding hydrogens is 296 g/mol. The van der Waals surface area contributed by atoms with Gasteiger partial charge in [0.25, 0.3) is 0 Å². The van der Waals surface area contributed by atoms with Gasteiger partial charge in [-0.1, -0.05) is 35.3 Å². The van der Waals surface area contributed by atoms with Crippen LogP contribution in [0.5, 0.6) is 0 Å². The minimum absolute atomic E-state index is 0.00829. The summed E-state index contributed by atoms with van der Waals surface area (Å²) in [5.74, 6) is -0.339. The molecule has 1 aromatic carbocycles. The molecule has 0 saturated carbocycles. The number of carbonyl (C=O) groups is 1. The summed E-state index contributed by atoms with van der Waals surface area (Å²) in [6, 6.07) is 5.65. The van der Waals surface area contributed by atoms with Crippen LogP contribution in [0, 0.1) is 0 Å². The summed E-state index contributed by atoms with van der Waals surface area (Å²) >= 11 is 3.41. The monoisotopic (exact) mass is 314 g/mol. The normalized spacial score (nSPS) is 10.4. The number of anilines is 1. The second-order valence-electron chi connectivity index (χ2n) is 4.18. The molecule has 0 aliphatic heterocycles. The van der Waals surface area contributed by atoms with Crippen molar-refractivity contribution in [3.63, 3.8) is 0 Å². The quantitative estimate of drug-likeness (QED) is 0.809. The summed E-state index contributed by atoms with van der Waals surface area (Å²) in [6.07, 6.45) is 2.07. The number of nitrogens with zero attached hydrogens (tertiary/aromatic N) is 1. The number of aliphatic hydroxyl groups excluding tert-OH is 1. The van der Waals surface area contributed by atoms with Crippen molar-refractivity contribution in [1.29, 1.82) is 0 Å². The number of unbranched alkanes of at least 4 members (excludes halogenated alkanes) is 1. The Balaban J connectivity index is 2.89. The number of hydrogen-bond donors (Lipinski definition) is 2. The largest absolute Gasteiger partial charge is 0.392 e. The summed E-state index contributed by atoms with van der Waals surface area (Å²) in [4.78, 5) is 13.0. The van der Waals surface area contributed by atoms with Gasteiger partial charge in [-0.2, -0.15) is 0 Å². The minimum atomic E-state index is -0.339. The Kier molecular flexibility index (Phi) is 6.15. The highest BCUT2D eigenvalue weighted by Gasteiger charge is 2.10. The minimum Gasteiger partial charge on any atom is -0.392 e. The van der Waals surface area contributed by atoms with E-state index >= 15 is 0 Å². The van der Waals surface area contributed by atoms with Crippen LogP contribution in [-0.4, -0.2) is 24.1 Å². The van der Waals surface area contributed by atoms with Gasteiger partial charge in [0.15, 0.2) is 0 Å². The van der Waals surface area contributed by atoms with Crippen LogP contribution in [0.1, 0.15) is 25.3 Å². The maximum atomic E-state index is 11.1. The van der Waals surface area contributed by atoms with E-state index in [1.807, 2.05) is 23.1 Å². The molecular formula is C13H19BrN2O2. The third-order valence-corrected chi connectivity index (χ3v) is 3.44. The average Bonchev–Trinajstić information content (AvgIpc) is 2.34. The molecule has 0 radical (unpaired) electrons. The number of carbonyl (C=O) groups excluding carboxylic acids is 1. The first-order chi connectivity index (χ1) is 8.58. The van der Waals surface area contributed by atoms with E-state index < -0.39 is 0 Å². The fourth-order valence-corrected chi connectivity index (χ4v) is 2.19. The Hall–Kier alpha value is -1.07. The van der Waals surface area contributed by atoms with Crippen LogP contribution < -0.4 is 10.6 Å². The molecule has 0 saturated heterocycles. The fraction of sp³-hybridized carbons (Fsp3) is 0.462. The highest BCUT2D eigenvalue weighted by atomic mass is 79.9. The number of aliphatic hydroxyl groups is 1. The van der Waals surface area contributed by atoms with Crippen molar-refractivity contribution in [3.05, 3.63) is 28.2 Å². The Morgan fingerprint density at radius 3 is 2.72 bits per heavy atom. The molecule has 0 heterocycles. The molecule has 0 fully saturated rings. The van der Waals surface area contributed by atoms with Gasteiger partial charge in [-0.05, 0) is 24.1 Å². The zero-order valence-corrected chi connectivity index (χ0v) is 12.1. The van der Waals surface area contributed by atoms with Gasteiger partial charge in [0.05, 0.1) is 13.2 Å². The SMILES string of the molecule is CCCCN(CC(N)=O)c1ccc(CO)c(Br)c1. The van der Waals surface area contributed by atoms with Crippen LogP contribution in [-0.2, 0) is 11.4 Å². The molecule has 3 N–H and O–H groups in total. The molecule has 1 rings (SSSR count). The van der Waals surface area contributed by atoms with Gasteiger partial charge in [0.1, 0.15) is 0 Å². The van der Waals surface area contributed by atoms with Crippen LogP contribution in [0.25, 0.3) is 0 Å². The van der Waals surface area contributed by atoms with Gasteiger partial charge in [-0.3, -0.25) is 4.79 Å². The lowest BCUT2D eigenvalue weighted by Crippen LogP contribution is -2.34. The molecule has 100 valence electrons. The average molecular weight is 315 g/mol. The number of rotatable bonds is 7. The van der Waals surface area contributed by atoms with E-state index in [1.54, 1.807) is 0 Å². The van der Waals surface area contributed by atoms with Crippen molar-refractivity contribution in [2.24, 2.45) is 5.73 Å². The number of benzene rings is 1. The van der Waals surface area contributed by atoms with Crippen LogP contribution in [0.3, 0.4) is 0 Å². The Labute approximate surface area is 116 Å². The van der Waals surface area contributed by atoms with Gasteiger partial charge >= 0.3 is 0 Å². The topological polar surface area (TPSA) is 66.6 Å². The lowest BCUT2D eigenvalue weighted by Gasteiger charge is -2.23. The Morgan fingerprint density at radius 2 is 2.22 bits per heavy atom. The lowest BCUT2D eigenvalue weighted by atomic mass is 10.2. The zero-order valence-electron chi connectivity index (χ0n) is 10.5. The summed E-state index contributed by atoms with van der Waals surface area (Å²) in [7, 11) is 0. The molecule has 0 atom stereocenters. The van der Waals surface area contributed by atoms with E-state index in [0.717, 1.165) is 35.1 Å². The Morgan fingerprint density at radius 1 is 1.50 bits per heavy atom. The van der Waals surface area contributed by atoms with Gasteiger partial charge in [0, 0.05) is 16.7 Å². The summed E-state index contributed by atoms with van der Waals surface area (Å²) < 4.78 is 0.841. The fourth-order valence-electron chi connectivity index (χ4n) is 1.70. The van der Waals surface area contributed by atoms with Gasteiger partial charge in [0.2, 0.25) is 5.91 Å². The zero-order chi connectivity index (χ0) is 13.5. The number of halogens is 1.